The van der Waals surface area contributed by atoms with Crippen molar-refractivity contribution in [2.24, 2.45) is 5.92 Å². The number of nitrogens with zero attached hydrogens (tertiary/aromatic N) is 4. The standard InChI is InChI=1S/C26H35N5O5/c1-17(2)13-20(27-26(32)21-7-6-12-36-21)25-29-28-24-8-9-30(10-11-31(24)25)16-19-22(34-4)14-18(33-3)15-23(19)35-5/h6-7,12,14-15,17,20H,8-11,13,16H2,1-5H3,(H,27,32)/t20-/m0/s1. The van der Waals surface area contributed by atoms with Gasteiger partial charge in [0.25, 0.3) is 5.91 Å². The molecule has 1 N–H and O–H groups in total. The van der Waals surface area contributed by atoms with Crippen LogP contribution in [0.25, 0.3) is 0 Å². The minimum absolute atomic E-state index is 0.253. The number of methoxy groups -OCH3 is 3. The highest BCUT2D eigenvalue weighted by Crippen LogP contribution is 2.35. The Morgan fingerprint density at radius 2 is 1.83 bits per heavy atom. The molecule has 36 heavy (non-hydrogen) atoms. The van der Waals surface area contributed by atoms with Crippen molar-refractivity contribution in [2.45, 2.75) is 45.8 Å². The van der Waals surface area contributed by atoms with Crippen LogP contribution >= 0.6 is 0 Å². The second-order valence-electron chi connectivity index (χ2n) is 9.30. The lowest BCUT2D eigenvalue weighted by atomic mass is 10.0. The predicted molar refractivity (Wildman–Crippen MR) is 133 cm³/mol. The van der Waals surface area contributed by atoms with Crippen LogP contribution in [0.4, 0.5) is 0 Å². The monoisotopic (exact) mass is 497 g/mol. The molecule has 10 nitrogen and oxygen atoms in total. The largest absolute Gasteiger partial charge is 0.496 e. The molecular weight excluding hydrogens is 462 g/mol. The molecule has 3 aromatic rings. The van der Waals surface area contributed by atoms with Crippen molar-refractivity contribution in [1.82, 2.24) is 25.0 Å². The van der Waals surface area contributed by atoms with Crippen molar-refractivity contribution in [3.63, 3.8) is 0 Å². The number of furan rings is 1. The highest BCUT2D eigenvalue weighted by molar-refractivity contribution is 5.91. The normalized spacial score (nSPS) is 14.7. The Hall–Kier alpha value is -3.53. The first-order valence-corrected chi connectivity index (χ1v) is 12.2. The lowest BCUT2D eigenvalue weighted by Gasteiger charge is -2.24. The molecule has 1 atom stereocenters. The Morgan fingerprint density at radius 1 is 1.08 bits per heavy atom. The van der Waals surface area contributed by atoms with Gasteiger partial charge in [0.1, 0.15) is 23.1 Å². The number of hydrogen-bond acceptors (Lipinski definition) is 8. The minimum atomic E-state index is -0.267. The molecule has 0 fully saturated rings. The van der Waals surface area contributed by atoms with E-state index in [-0.39, 0.29) is 17.7 Å². The third-order valence-corrected chi connectivity index (χ3v) is 6.42. The van der Waals surface area contributed by atoms with Gasteiger partial charge in [0.15, 0.2) is 11.6 Å². The molecule has 0 spiro atoms. The average molecular weight is 498 g/mol. The van der Waals surface area contributed by atoms with Gasteiger partial charge in [-0.3, -0.25) is 9.69 Å². The van der Waals surface area contributed by atoms with Gasteiger partial charge in [0, 0.05) is 44.7 Å². The molecule has 1 aliphatic heterocycles. The topological polar surface area (TPSA) is 104 Å². The number of fused-ring (bicyclic) bond motifs is 1. The van der Waals surface area contributed by atoms with Gasteiger partial charge >= 0.3 is 0 Å². The fourth-order valence-corrected chi connectivity index (χ4v) is 4.60. The fourth-order valence-electron chi connectivity index (χ4n) is 4.60. The SMILES string of the molecule is COc1cc(OC)c(CN2CCc3nnc([C@H](CC(C)C)NC(=O)c4ccco4)n3CC2)c(OC)c1. The Morgan fingerprint density at radius 3 is 2.44 bits per heavy atom. The van der Waals surface area contributed by atoms with Crippen molar-refractivity contribution in [1.29, 1.82) is 0 Å². The van der Waals surface area contributed by atoms with Crippen LogP contribution in [0, 0.1) is 5.92 Å². The number of carbonyl (C=O) groups excluding carboxylic acids is 1. The molecule has 0 aliphatic carbocycles. The average Bonchev–Trinajstić information content (AvgIpc) is 3.51. The summed E-state index contributed by atoms with van der Waals surface area (Å²) >= 11 is 0. The van der Waals surface area contributed by atoms with E-state index < -0.39 is 0 Å². The number of nitrogens with one attached hydrogen (secondary N) is 1. The summed E-state index contributed by atoms with van der Waals surface area (Å²) in [5.74, 6) is 4.23. The van der Waals surface area contributed by atoms with Crippen LogP contribution in [0.1, 0.15) is 54.1 Å². The first-order chi connectivity index (χ1) is 17.4. The van der Waals surface area contributed by atoms with E-state index in [2.05, 4.69) is 38.8 Å². The number of carbonyl (C=O) groups is 1. The van der Waals surface area contributed by atoms with E-state index in [4.69, 9.17) is 18.6 Å². The number of aromatic nitrogens is 3. The first-order valence-electron chi connectivity index (χ1n) is 12.2. The van der Waals surface area contributed by atoms with E-state index in [9.17, 15) is 4.79 Å². The van der Waals surface area contributed by atoms with E-state index in [1.807, 2.05) is 12.1 Å². The third-order valence-electron chi connectivity index (χ3n) is 6.42. The second-order valence-corrected chi connectivity index (χ2v) is 9.30. The van der Waals surface area contributed by atoms with Crippen molar-refractivity contribution < 1.29 is 23.4 Å². The van der Waals surface area contributed by atoms with Gasteiger partial charge in [0.2, 0.25) is 0 Å². The minimum Gasteiger partial charge on any atom is -0.496 e. The molecule has 0 radical (unpaired) electrons. The molecule has 0 unspecified atom stereocenters. The lowest BCUT2D eigenvalue weighted by Crippen LogP contribution is -2.32. The molecule has 0 saturated carbocycles. The third kappa shape index (κ3) is 5.64. The molecule has 0 bridgehead atoms. The Labute approximate surface area is 211 Å². The van der Waals surface area contributed by atoms with Gasteiger partial charge in [-0.05, 0) is 24.5 Å². The Balaban J connectivity index is 1.52. The Bertz CT molecular complexity index is 1130. The smallest absolute Gasteiger partial charge is 0.287 e. The summed E-state index contributed by atoms with van der Waals surface area (Å²) in [5, 5.41) is 12.1. The van der Waals surface area contributed by atoms with Crippen LogP contribution in [-0.4, -0.2) is 60.0 Å². The predicted octanol–water partition coefficient (Wildman–Crippen LogP) is 3.47. The number of benzene rings is 1. The molecule has 1 amide bonds. The van der Waals surface area contributed by atoms with E-state index in [1.54, 1.807) is 33.5 Å². The number of hydrogen-bond donors (Lipinski definition) is 1. The molecule has 1 aromatic carbocycles. The second kappa shape index (κ2) is 11.5. The van der Waals surface area contributed by atoms with Gasteiger partial charge < -0.3 is 28.5 Å². The van der Waals surface area contributed by atoms with Crippen LogP contribution in [0.2, 0.25) is 0 Å². The lowest BCUT2D eigenvalue weighted by molar-refractivity contribution is 0.0900. The maximum absolute atomic E-state index is 12.7. The molecule has 0 saturated heterocycles. The number of ether oxygens (including phenoxy) is 3. The molecule has 1 aliphatic rings. The van der Waals surface area contributed by atoms with E-state index >= 15 is 0 Å². The van der Waals surface area contributed by atoms with Gasteiger partial charge in [0.05, 0.1) is 39.2 Å². The summed E-state index contributed by atoms with van der Waals surface area (Å²) < 4.78 is 24.1. The Kier molecular flexibility index (Phi) is 8.14. The molecule has 2 aromatic heterocycles. The maximum Gasteiger partial charge on any atom is 0.287 e. The molecule has 194 valence electrons. The summed E-state index contributed by atoms with van der Waals surface area (Å²) in [6.45, 7) is 7.23. The summed E-state index contributed by atoms with van der Waals surface area (Å²) in [6, 6.07) is 6.85. The molecule has 3 heterocycles. The van der Waals surface area contributed by atoms with Gasteiger partial charge in [-0.25, -0.2) is 0 Å². The highest BCUT2D eigenvalue weighted by atomic mass is 16.5. The first kappa shape index (κ1) is 25.6. The number of rotatable bonds is 10. The summed E-state index contributed by atoms with van der Waals surface area (Å²) in [5.41, 5.74) is 0.974. The highest BCUT2D eigenvalue weighted by Gasteiger charge is 2.27. The van der Waals surface area contributed by atoms with Crippen LogP contribution in [0.5, 0.6) is 17.2 Å². The molecule has 10 heteroatoms. The summed E-state index contributed by atoms with van der Waals surface area (Å²) in [7, 11) is 4.93. The summed E-state index contributed by atoms with van der Waals surface area (Å²) in [4.78, 5) is 15.1. The molecular formula is C26H35N5O5. The van der Waals surface area contributed by atoms with E-state index in [1.165, 1.54) is 6.26 Å². The number of amides is 1. The zero-order valence-corrected chi connectivity index (χ0v) is 21.6. The maximum atomic E-state index is 12.7. The van der Waals surface area contributed by atoms with Crippen molar-refractivity contribution >= 4 is 5.91 Å². The fraction of sp³-hybridized carbons (Fsp3) is 0.500. The zero-order valence-electron chi connectivity index (χ0n) is 21.6. The van der Waals surface area contributed by atoms with Gasteiger partial charge in [-0.1, -0.05) is 13.8 Å². The van der Waals surface area contributed by atoms with Crippen LogP contribution in [0.3, 0.4) is 0 Å². The van der Waals surface area contributed by atoms with Gasteiger partial charge in [-0.2, -0.15) is 0 Å². The van der Waals surface area contributed by atoms with Gasteiger partial charge in [-0.15, -0.1) is 10.2 Å². The van der Waals surface area contributed by atoms with E-state index in [0.29, 0.717) is 24.8 Å². The van der Waals surface area contributed by atoms with E-state index in [0.717, 1.165) is 54.6 Å². The van der Waals surface area contributed by atoms with Crippen LogP contribution < -0.4 is 19.5 Å². The zero-order chi connectivity index (χ0) is 25.7. The van der Waals surface area contributed by atoms with Crippen molar-refractivity contribution in [2.75, 3.05) is 34.4 Å². The molecule has 4 rings (SSSR count). The van der Waals surface area contributed by atoms with Crippen LogP contribution in [0.15, 0.2) is 34.9 Å². The van der Waals surface area contributed by atoms with Crippen molar-refractivity contribution in [3.8, 4) is 17.2 Å². The van der Waals surface area contributed by atoms with Crippen LogP contribution in [-0.2, 0) is 19.5 Å². The summed E-state index contributed by atoms with van der Waals surface area (Å²) in [6.07, 6.45) is 2.99. The quantitative estimate of drug-likeness (QED) is 0.454. The van der Waals surface area contributed by atoms with Crippen molar-refractivity contribution in [3.05, 3.63) is 53.5 Å².